The lowest BCUT2D eigenvalue weighted by atomic mass is 10.0. The Balaban J connectivity index is 2.75. The van der Waals surface area contributed by atoms with Crippen LogP contribution in [0.3, 0.4) is 0 Å². The summed E-state index contributed by atoms with van der Waals surface area (Å²) in [6.45, 7) is 11.2. The monoisotopic (exact) mass is 263 g/mol. The number of hydrogen-bond donors (Lipinski definition) is 2. The lowest BCUT2D eigenvalue weighted by Gasteiger charge is -2.24. The Morgan fingerprint density at radius 1 is 1.47 bits per heavy atom. The van der Waals surface area contributed by atoms with Crippen LogP contribution in [0.4, 0.5) is 11.6 Å². The first kappa shape index (κ1) is 15.4. The molecule has 0 aliphatic carbocycles. The molecule has 1 aromatic heterocycles. The van der Waals surface area contributed by atoms with Gasteiger partial charge in [0.05, 0.1) is 0 Å². The SMILES string of the molecule is C=CCNc1cc(N(C)CCC(C)(C)N)nc(C)n1. The van der Waals surface area contributed by atoms with Gasteiger partial charge in [-0.3, -0.25) is 0 Å². The minimum atomic E-state index is -0.166. The summed E-state index contributed by atoms with van der Waals surface area (Å²) in [5.41, 5.74) is 5.84. The van der Waals surface area contributed by atoms with E-state index in [1.54, 1.807) is 6.08 Å². The Bertz CT molecular complexity index is 422. The van der Waals surface area contributed by atoms with Crippen molar-refractivity contribution >= 4 is 11.6 Å². The first-order valence-corrected chi connectivity index (χ1v) is 6.52. The average molecular weight is 263 g/mol. The highest BCUT2D eigenvalue weighted by Gasteiger charge is 2.13. The number of nitrogens with zero attached hydrogens (tertiary/aromatic N) is 3. The highest BCUT2D eigenvalue weighted by Crippen LogP contribution is 2.16. The van der Waals surface area contributed by atoms with Gasteiger partial charge < -0.3 is 16.0 Å². The molecule has 0 bridgehead atoms. The molecule has 0 saturated heterocycles. The highest BCUT2D eigenvalue weighted by atomic mass is 15.2. The van der Waals surface area contributed by atoms with Crippen LogP contribution in [0.15, 0.2) is 18.7 Å². The normalized spacial score (nSPS) is 11.2. The van der Waals surface area contributed by atoms with Crippen LogP contribution >= 0.6 is 0 Å². The van der Waals surface area contributed by atoms with E-state index in [9.17, 15) is 0 Å². The first-order chi connectivity index (χ1) is 8.81. The maximum absolute atomic E-state index is 6.00. The molecule has 0 amide bonds. The van der Waals surface area contributed by atoms with E-state index < -0.39 is 0 Å². The average Bonchev–Trinajstić information content (AvgIpc) is 2.31. The van der Waals surface area contributed by atoms with Crippen molar-refractivity contribution in [3.8, 4) is 0 Å². The van der Waals surface area contributed by atoms with Crippen LogP contribution in [-0.2, 0) is 0 Å². The highest BCUT2D eigenvalue weighted by molar-refractivity contribution is 5.49. The molecule has 0 saturated carbocycles. The Kier molecular flexibility index (Phi) is 5.30. The van der Waals surface area contributed by atoms with E-state index in [2.05, 4.69) is 26.8 Å². The molecule has 1 aromatic rings. The Morgan fingerprint density at radius 2 is 2.16 bits per heavy atom. The quantitative estimate of drug-likeness (QED) is 0.736. The number of hydrogen-bond acceptors (Lipinski definition) is 5. The zero-order chi connectivity index (χ0) is 14.5. The summed E-state index contributed by atoms with van der Waals surface area (Å²) in [7, 11) is 2.02. The lowest BCUT2D eigenvalue weighted by molar-refractivity contribution is 0.478. The number of rotatable bonds is 7. The van der Waals surface area contributed by atoms with Crippen LogP contribution in [0.1, 0.15) is 26.1 Å². The Hall–Kier alpha value is -1.62. The molecule has 0 fully saturated rings. The van der Waals surface area contributed by atoms with E-state index in [0.717, 1.165) is 30.4 Å². The molecule has 0 aromatic carbocycles. The molecular weight excluding hydrogens is 238 g/mol. The van der Waals surface area contributed by atoms with E-state index in [0.29, 0.717) is 6.54 Å². The topological polar surface area (TPSA) is 67.1 Å². The summed E-state index contributed by atoms with van der Waals surface area (Å²) in [5, 5.41) is 3.18. The third kappa shape index (κ3) is 5.70. The van der Waals surface area contributed by atoms with Gasteiger partial charge in [0, 0.05) is 31.7 Å². The Labute approximate surface area is 115 Å². The number of nitrogens with two attached hydrogens (primary N) is 1. The molecule has 0 aliphatic heterocycles. The molecule has 0 unspecified atom stereocenters. The molecule has 5 heteroatoms. The Morgan fingerprint density at radius 3 is 2.74 bits per heavy atom. The summed E-state index contributed by atoms with van der Waals surface area (Å²) < 4.78 is 0. The fourth-order valence-corrected chi connectivity index (χ4v) is 1.59. The molecule has 0 spiro atoms. The molecule has 0 atom stereocenters. The lowest BCUT2D eigenvalue weighted by Crippen LogP contribution is -2.36. The largest absolute Gasteiger partial charge is 0.366 e. The smallest absolute Gasteiger partial charge is 0.134 e. The zero-order valence-electron chi connectivity index (χ0n) is 12.4. The fourth-order valence-electron chi connectivity index (χ4n) is 1.59. The van der Waals surface area contributed by atoms with Gasteiger partial charge in [-0.15, -0.1) is 6.58 Å². The standard InChI is InChI=1S/C14H25N5/c1-6-8-16-12-10-13(18-11(2)17-12)19(5)9-7-14(3,4)15/h6,10H,1,7-9,15H2,2-5H3,(H,16,17,18). The maximum Gasteiger partial charge on any atom is 0.134 e. The summed E-state index contributed by atoms with van der Waals surface area (Å²) in [5.74, 6) is 2.48. The second-order valence-electron chi connectivity index (χ2n) is 5.49. The number of aromatic nitrogens is 2. The number of nitrogens with one attached hydrogen (secondary N) is 1. The second-order valence-corrected chi connectivity index (χ2v) is 5.49. The predicted molar refractivity (Wildman–Crippen MR) is 81.6 cm³/mol. The van der Waals surface area contributed by atoms with Crippen LogP contribution in [0.2, 0.25) is 0 Å². The fraction of sp³-hybridized carbons (Fsp3) is 0.571. The third-order valence-corrected chi connectivity index (χ3v) is 2.73. The maximum atomic E-state index is 6.00. The van der Waals surface area contributed by atoms with Crippen LogP contribution in [-0.4, -0.2) is 35.6 Å². The van der Waals surface area contributed by atoms with E-state index in [1.165, 1.54) is 0 Å². The first-order valence-electron chi connectivity index (χ1n) is 6.52. The molecule has 0 radical (unpaired) electrons. The van der Waals surface area contributed by atoms with Crippen molar-refractivity contribution in [2.45, 2.75) is 32.7 Å². The van der Waals surface area contributed by atoms with E-state index in [-0.39, 0.29) is 5.54 Å². The second kappa shape index (κ2) is 6.52. The van der Waals surface area contributed by atoms with Gasteiger partial charge in [-0.2, -0.15) is 0 Å². The summed E-state index contributed by atoms with van der Waals surface area (Å²) in [6.07, 6.45) is 2.71. The van der Waals surface area contributed by atoms with Gasteiger partial charge in [0.2, 0.25) is 0 Å². The molecule has 3 N–H and O–H groups in total. The molecule has 19 heavy (non-hydrogen) atoms. The van der Waals surface area contributed by atoms with Crippen molar-refractivity contribution in [2.75, 3.05) is 30.4 Å². The molecular formula is C14H25N5. The molecule has 106 valence electrons. The third-order valence-electron chi connectivity index (χ3n) is 2.73. The van der Waals surface area contributed by atoms with Crippen molar-refractivity contribution in [2.24, 2.45) is 5.73 Å². The van der Waals surface area contributed by atoms with Crippen molar-refractivity contribution in [3.05, 3.63) is 24.5 Å². The van der Waals surface area contributed by atoms with Gasteiger partial charge in [-0.05, 0) is 27.2 Å². The molecule has 1 rings (SSSR count). The van der Waals surface area contributed by atoms with Crippen molar-refractivity contribution < 1.29 is 0 Å². The van der Waals surface area contributed by atoms with Crippen molar-refractivity contribution in [3.63, 3.8) is 0 Å². The van der Waals surface area contributed by atoms with E-state index >= 15 is 0 Å². The minimum absolute atomic E-state index is 0.166. The van der Waals surface area contributed by atoms with E-state index in [1.807, 2.05) is 33.9 Å². The van der Waals surface area contributed by atoms with Gasteiger partial charge in [0.1, 0.15) is 17.5 Å². The van der Waals surface area contributed by atoms with Gasteiger partial charge in [0.15, 0.2) is 0 Å². The minimum Gasteiger partial charge on any atom is -0.366 e. The van der Waals surface area contributed by atoms with Crippen LogP contribution in [0.25, 0.3) is 0 Å². The zero-order valence-corrected chi connectivity index (χ0v) is 12.4. The van der Waals surface area contributed by atoms with E-state index in [4.69, 9.17) is 5.73 Å². The van der Waals surface area contributed by atoms with Gasteiger partial charge in [0.25, 0.3) is 0 Å². The number of anilines is 2. The van der Waals surface area contributed by atoms with Gasteiger partial charge in [-0.1, -0.05) is 6.08 Å². The van der Waals surface area contributed by atoms with Crippen LogP contribution < -0.4 is 16.0 Å². The van der Waals surface area contributed by atoms with Crippen molar-refractivity contribution in [1.82, 2.24) is 9.97 Å². The summed E-state index contributed by atoms with van der Waals surface area (Å²) >= 11 is 0. The van der Waals surface area contributed by atoms with Crippen molar-refractivity contribution in [1.29, 1.82) is 0 Å². The van der Waals surface area contributed by atoms with Crippen LogP contribution in [0.5, 0.6) is 0 Å². The number of aryl methyl sites for hydroxylation is 1. The summed E-state index contributed by atoms with van der Waals surface area (Å²) in [6, 6.07) is 1.94. The van der Waals surface area contributed by atoms with Gasteiger partial charge in [-0.25, -0.2) is 9.97 Å². The van der Waals surface area contributed by atoms with Crippen LogP contribution in [0, 0.1) is 6.92 Å². The van der Waals surface area contributed by atoms with Gasteiger partial charge >= 0.3 is 0 Å². The molecule has 5 nitrogen and oxygen atoms in total. The molecule has 1 heterocycles. The molecule has 0 aliphatic rings. The summed E-state index contributed by atoms with van der Waals surface area (Å²) in [4.78, 5) is 10.9. The predicted octanol–water partition coefficient (Wildman–Crippen LogP) is 1.95.